The van der Waals surface area contributed by atoms with E-state index in [1.54, 1.807) is 19.7 Å². The predicted octanol–water partition coefficient (Wildman–Crippen LogP) is 1.32. The minimum atomic E-state index is -2.19. The summed E-state index contributed by atoms with van der Waals surface area (Å²) in [6.45, 7) is 0.456. The molecule has 0 nitrogen and oxygen atoms in total. The van der Waals surface area contributed by atoms with Crippen molar-refractivity contribution in [2.24, 2.45) is 0 Å². The van der Waals surface area contributed by atoms with Crippen LogP contribution in [-0.2, 0) is 0 Å². The zero-order valence-corrected chi connectivity index (χ0v) is 15.0. The fraction of sp³-hybridized carbons (Fsp3) is 0.100. The average Bonchev–Trinajstić information content (AvgIpc) is 2.88. The molecule has 0 bridgehead atoms. The second-order valence-electron chi connectivity index (χ2n) is 7.00. The minimum absolute atomic E-state index is 0.456. The molecule has 0 amide bonds. The molecule has 0 saturated heterocycles. The van der Waals surface area contributed by atoms with E-state index in [0.29, 0.717) is 6.71 Å². The van der Waals surface area contributed by atoms with Gasteiger partial charge in [-0.25, -0.2) is 0 Å². The molecule has 2 heterocycles. The topological polar surface area (TPSA) is 0 Å². The van der Waals surface area contributed by atoms with Gasteiger partial charge >= 0.3 is 135 Å². The number of hydrogen-bond acceptors (Lipinski definition) is 0. The molecular formula is C20H17BGe. The van der Waals surface area contributed by atoms with E-state index in [2.05, 4.69) is 78.2 Å². The number of benzene rings is 3. The van der Waals surface area contributed by atoms with Gasteiger partial charge in [0.2, 0.25) is 0 Å². The van der Waals surface area contributed by atoms with Crippen LogP contribution in [0.25, 0.3) is 11.1 Å². The Hall–Kier alpha value is -1.73. The standard InChI is InChI=1S/C20H17BGe/c1-22(2)18-12-6-5-11-17(18)21-16-10-4-3-8-14(16)15-9-7-13-19(22)20(15)21/h3-13H,1-2H3. The fourth-order valence-electron chi connectivity index (χ4n) is 4.59. The van der Waals surface area contributed by atoms with Crippen LogP contribution in [0.4, 0.5) is 0 Å². The van der Waals surface area contributed by atoms with Gasteiger partial charge in [-0.2, -0.15) is 0 Å². The second-order valence-corrected chi connectivity index (χ2v) is 16.1. The van der Waals surface area contributed by atoms with Crippen LogP contribution in [0.5, 0.6) is 0 Å². The van der Waals surface area contributed by atoms with Crippen LogP contribution in [0.2, 0.25) is 11.5 Å². The summed E-state index contributed by atoms with van der Waals surface area (Å²) in [6, 6.07) is 25.2. The molecule has 5 rings (SSSR count). The van der Waals surface area contributed by atoms with Crippen molar-refractivity contribution in [3.63, 3.8) is 0 Å². The third-order valence-corrected chi connectivity index (χ3v) is 13.1. The Balaban J connectivity index is 1.97. The zero-order valence-electron chi connectivity index (χ0n) is 12.9. The molecule has 22 heavy (non-hydrogen) atoms. The molecule has 0 fully saturated rings. The first-order chi connectivity index (χ1) is 10.7. The van der Waals surface area contributed by atoms with Crippen LogP contribution in [0, 0.1) is 0 Å². The third kappa shape index (κ3) is 1.40. The Kier molecular flexibility index (Phi) is 2.42. The van der Waals surface area contributed by atoms with Crippen LogP contribution >= 0.6 is 0 Å². The first kappa shape index (κ1) is 12.8. The Morgan fingerprint density at radius 1 is 0.636 bits per heavy atom. The quantitative estimate of drug-likeness (QED) is 0.424. The van der Waals surface area contributed by atoms with Gasteiger partial charge in [-0.15, -0.1) is 0 Å². The summed E-state index contributed by atoms with van der Waals surface area (Å²) in [7, 11) is 0. The summed E-state index contributed by atoms with van der Waals surface area (Å²) in [4.78, 5) is 0. The molecule has 0 saturated carbocycles. The van der Waals surface area contributed by atoms with Crippen LogP contribution in [0.15, 0.2) is 66.7 Å². The van der Waals surface area contributed by atoms with Crippen LogP contribution < -0.4 is 25.2 Å². The van der Waals surface area contributed by atoms with Crippen molar-refractivity contribution >= 4 is 45.2 Å². The van der Waals surface area contributed by atoms with E-state index in [1.807, 2.05) is 0 Å². The van der Waals surface area contributed by atoms with Crippen molar-refractivity contribution in [2.45, 2.75) is 11.5 Å². The molecule has 0 unspecified atom stereocenters. The Morgan fingerprint density at radius 3 is 2.14 bits per heavy atom. The monoisotopic (exact) mass is 342 g/mol. The summed E-state index contributed by atoms with van der Waals surface area (Å²) >= 11 is -2.19. The summed E-state index contributed by atoms with van der Waals surface area (Å²) in [5.41, 5.74) is 7.60. The molecular weight excluding hydrogens is 324 g/mol. The maximum absolute atomic E-state index is 2.55. The molecule has 0 N–H and O–H groups in total. The van der Waals surface area contributed by atoms with Gasteiger partial charge in [0.1, 0.15) is 0 Å². The van der Waals surface area contributed by atoms with E-state index in [-0.39, 0.29) is 0 Å². The molecule has 104 valence electrons. The van der Waals surface area contributed by atoms with Crippen LogP contribution in [0.3, 0.4) is 0 Å². The molecule has 0 radical (unpaired) electrons. The molecule has 0 aliphatic carbocycles. The molecule has 2 heteroatoms. The van der Waals surface area contributed by atoms with Crippen molar-refractivity contribution < 1.29 is 0 Å². The Labute approximate surface area is 134 Å². The maximum atomic E-state index is 2.55. The van der Waals surface area contributed by atoms with Crippen molar-refractivity contribution in [2.75, 3.05) is 0 Å². The van der Waals surface area contributed by atoms with Gasteiger partial charge in [0.15, 0.2) is 0 Å². The van der Waals surface area contributed by atoms with Crippen molar-refractivity contribution in [3.8, 4) is 11.1 Å². The first-order valence-electron chi connectivity index (χ1n) is 8.01. The average molecular weight is 341 g/mol. The SMILES string of the molecule is [CH3][Ge]1([CH3])[c]2ccccc2B2c3ccccc3-c3ccc[c]1c32. The Bertz CT molecular complexity index is 926. The zero-order chi connectivity index (χ0) is 14.9. The summed E-state index contributed by atoms with van der Waals surface area (Å²) in [5, 5.41) is 0. The van der Waals surface area contributed by atoms with Crippen LogP contribution in [-0.4, -0.2) is 20.0 Å². The summed E-state index contributed by atoms with van der Waals surface area (Å²) in [5.74, 6) is 5.10. The van der Waals surface area contributed by atoms with Gasteiger partial charge in [-0.05, 0) is 0 Å². The van der Waals surface area contributed by atoms with Gasteiger partial charge in [-0.3, -0.25) is 0 Å². The van der Waals surface area contributed by atoms with Crippen molar-refractivity contribution in [1.82, 2.24) is 0 Å². The summed E-state index contributed by atoms with van der Waals surface area (Å²) in [6.07, 6.45) is 0. The number of fused-ring (bicyclic) bond motifs is 5. The van der Waals surface area contributed by atoms with E-state index in [4.69, 9.17) is 0 Å². The Morgan fingerprint density at radius 2 is 1.27 bits per heavy atom. The molecule has 2 aliphatic heterocycles. The van der Waals surface area contributed by atoms with Crippen molar-refractivity contribution in [1.29, 1.82) is 0 Å². The molecule has 0 aromatic heterocycles. The molecule has 3 aromatic rings. The molecule has 3 aromatic carbocycles. The van der Waals surface area contributed by atoms with E-state index in [1.165, 1.54) is 16.6 Å². The van der Waals surface area contributed by atoms with E-state index in [0.717, 1.165) is 0 Å². The van der Waals surface area contributed by atoms with Gasteiger partial charge in [0, 0.05) is 0 Å². The normalized spacial score (nSPS) is 16.0. The summed E-state index contributed by atoms with van der Waals surface area (Å²) < 4.78 is 3.34. The number of rotatable bonds is 0. The second kappa shape index (κ2) is 4.17. The van der Waals surface area contributed by atoms with Gasteiger partial charge in [0.25, 0.3) is 0 Å². The molecule has 2 aliphatic rings. The van der Waals surface area contributed by atoms with E-state index >= 15 is 0 Å². The molecule has 0 atom stereocenters. The fourth-order valence-corrected chi connectivity index (χ4v) is 11.3. The predicted molar refractivity (Wildman–Crippen MR) is 99.7 cm³/mol. The third-order valence-electron chi connectivity index (χ3n) is 5.58. The first-order valence-corrected chi connectivity index (χ1v) is 14.3. The van der Waals surface area contributed by atoms with E-state index < -0.39 is 13.3 Å². The van der Waals surface area contributed by atoms with Gasteiger partial charge in [0.05, 0.1) is 0 Å². The van der Waals surface area contributed by atoms with E-state index in [9.17, 15) is 0 Å². The van der Waals surface area contributed by atoms with Gasteiger partial charge < -0.3 is 0 Å². The van der Waals surface area contributed by atoms with Crippen molar-refractivity contribution in [3.05, 3.63) is 66.7 Å². The molecule has 0 spiro atoms. The van der Waals surface area contributed by atoms with Crippen LogP contribution in [0.1, 0.15) is 0 Å². The number of hydrogen-bond donors (Lipinski definition) is 0. The van der Waals surface area contributed by atoms with Gasteiger partial charge in [-0.1, -0.05) is 0 Å².